The highest BCUT2D eigenvalue weighted by atomic mass is 127. The van der Waals surface area contributed by atoms with Gasteiger partial charge in [0.2, 0.25) is 0 Å². The first-order valence-corrected chi connectivity index (χ1v) is 8.57. The molecule has 0 atom stereocenters. The van der Waals surface area contributed by atoms with Gasteiger partial charge in [-0.2, -0.15) is 0 Å². The summed E-state index contributed by atoms with van der Waals surface area (Å²) in [6.07, 6.45) is 0.908. The standard InChI is InChI=1S/C20H28N4O.HI/c1-21-20(22-13-8-14-25-19-11-5-4-6-12-19)23-16-17-9-7-10-18(15-17)24(2)3;/h4-7,9-12,15H,8,13-14,16H2,1-3H3,(H2,21,22,23);1H. The first-order chi connectivity index (χ1) is 12.2. The zero-order chi connectivity index (χ0) is 17.9. The van der Waals surface area contributed by atoms with Crippen LogP contribution in [-0.4, -0.2) is 40.3 Å². The SMILES string of the molecule is CN=C(NCCCOc1ccccc1)NCc1cccc(N(C)C)c1.I. The van der Waals surface area contributed by atoms with Crippen LogP contribution < -0.4 is 20.3 Å². The number of rotatable bonds is 8. The Morgan fingerprint density at radius 2 is 1.81 bits per heavy atom. The Labute approximate surface area is 173 Å². The van der Waals surface area contributed by atoms with Crippen LogP contribution in [0.3, 0.4) is 0 Å². The second-order valence-corrected chi connectivity index (χ2v) is 5.93. The van der Waals surface area contributed by atoms with Gasteiger partial charge >= 0.3 is 0 Å². The number of aliphatic imine (C=N–C) groups is 1. The molecule has 0 fully saturated rings. The predicted octanol–water partition coefficient (Wildman–Crippen LogP) is 3.50. The molecular weight excluding hydrogens is 439 g/mol. The number of para-hydroxylation sites is 1. The summed E-state index contributed by atoms with van der Waals surface area (Å²) in [5, 5.41) is 6.65. The van der Waals surface area contributed by atoms with Crippen molar-refractivity contribution in [1.82, 2.24) is 10.6 Å². The molecular formula is C20H29IN4O. The van der Waals surface area contributed by atoms with Crippen molar-refractivity contribution in [2.45, 2.75) is 13.0 Å². The fraction of sp³-hybridized carbons (Fsp3) is 0.350. The van der Waals surface area contributed by atoms with Gasteiger partial charge in [-0.1, -0.05) is 30.3 Å². The third kappa shape index (κ3) is 7.95. The molecule has 26 heavy (non-hydrogen) atoms. The Balaban J connectivity index is 0.00000338. The Morgan fingerprint density at radius 3 is 2.50 bits per heavy atom. The lowest BCUT2D eigenvalue weighted by atomic mass is 10.2. The summed E-state index contributed by atoms with van der Waals surface area (Å²) >= 11 is 0. The molecule has 5 nitrogen and oxygen atoms in total. The molecule has 0 spiro atoms. The van der Waals surface area contributed by atoms with Gasteiger partial charge in [0, 0.05) is 39.9 Å². The highest BCUT2D eigenvalue weighted by molar-refractivity contribution is 14.0. The predicted molar refractivity (Wildman–Crippen MR) is 121 cm³/mol. The Morgan fingerprint density at radius 1 is 1.04 bits per heavy atom. The molecule has 2 aromatic rings. The number of hydrogen-bond acceptors (Lipinski definition) is 3. The molecule has 0 aromatic heterocycles. The van der Waals surface area contributed by atoms with E-state index in [-0.39, 0.29) is 24.0 Å². The van der Waals surface area contributed by atoms with E-state index in [4.69, 9.17) is 4.74 Å². The second-order valence-electron chi connectivity index (χ2n) is 5.93. The van der Waals surface area contributed by atoms with Crippen LogP contribution in [0.5, 0.6) is 5.75 Å². The van der Waals surface area contributed by atoms with E-state index in [2.05, 4.69) is 44.8 Å². The minimum Gasteiger partial charge on any atom is -0.494 e. The van der Waals surface area contributed by atoms with Gasteiger partial charge in [0.15, 0.2) is 5.96 Å². The smallest absolute Gasteiger partial charge is 0.191 e. The largest absolute Gasteiger partial charge is 0.494 e. The zero-order valence-electron chi connectivity index (χ0n) is 15.7. The minimum absolute atomic E-state index is 0. The maximum Gasteiger partial charge on any atom is 0.191 e. The lowest BCUT2D eigenvalue weighted by Crippen LogP contribution is -2.37. The number of anilines is 1. The molecule has 0 saturated heterocycles. The van der Waals surface area contributed by atoms with E-state index in [1.165, 1.54) is 11.3 Å². The first kappa shape index (κ1) is 22.1. The number of hydrogen-bond donors (Lipinski definition) is 2. The highest BCUT2D eigenvalue weighted by Crippen LogP contribution is 2.13. The Kier molecular flexibility index (Phi) is 10.5. The summed E-state index contributed by atoms with van der Waals surface area (Å²) in [6, 6.07) is 18.3. The van der Waals surface area contributed by atoms with E-state index in [1.807, 2.05) is 44.4 Å². The Bertz CT molecular complexity index is 662. The number of nitrogens with zero attached hydrogens (tertiary/aromatic N) is 2. The summed E-state index contributed by atoms with van der Waals surface area (Å²) in [7, 11) is 5.88. The zero-order valence-corrected chi connectivity index (χ0v) is 18.1. The number of benzene rings is 2. The highest BCUT2D eigenvalue weighted by Gasteiger charge is 2.01. The van der Waals surface area contributed by atoms with E-state index in [0.717, 1.165) is 31.2 Å². The average Bonchev–Trinajstić information content (AvgIpc) is 2.65. The molecule has 6 heteroatoms. The number of nitrogens with one attached hydrogen (secondary N) is 2. The van der Waals surface area contributed by atoms with Crippen LogP contribution in [0.15, 0.2) is 59.6 Å². The van der Waals surface area contributed by atoms with Crippen molar-refractivity contribution >= 4 is 35.6 Å². The molecule has 0 radical (unpaired) electrons. The lowest BCUT2D eigenvalue weighted by molar-refractivity contribution is 0.311. The van der Waals surface area contributed by atoms with Crippen LogP contribution in [0, 0.1) is 0 Å². The average molecular weight is 468 g/mol. The van der Waals surface area contributed by atoms with Crippen molar-refractivity contribution in [2.75, 3.05) is 39.2 Å². The Hall–Kier alpha value is -1.96. The van der Waals surface area contributed by atoms with Crippen LogP contribution >= 0.6 is 24.0 Å². The molecule has 0 heterocycles. The van der Waals surface area contributed by atoms with Crippen LogP contribution in [0.4, 0.5) is 5.69 Å². The van der Waals surface area contributed by atoms with Crippen molar-refractivity contribution in [3.63, 3.8) is 0 Å². The molecule has 0 bridgehead atoms. The molecule has 0 aliphatic carbocycles. The van der Waals surface area contributed by atoms with Gasteiger partial charge in [-0.3, -0.25) is 4.99 Å². The quantitative estimate of drug-likeness (QED) is 0.270. The number of guanidine groups is 1. The van der Waals surface area contributed by atoms with Crippen LogP contribution in [0.25, 0.3) is 0 Å². The van der Waals surface area contributed by atoms with Gasteiger partial charge in [-0.25, -0.2) is 0 Å². The van der Waals surface area contributed by atoms with Crippen LogP contribution in [0.1, 0.15) is 12.0 Å². The summed E-state index contributed by atoms with van der Waals surface area (Å²) in [5.74, 6) is 1.71. The monoisotopic (exact) mass is 468 g/mol. The third-order valence-corrected chi connectivity index (χ3v) is 3.74. The second kappa shape index (κ2) is 12.4. The van der Waals surface area contributed by atoms with Gasteiger partial charge in [0.05, 0.1) is 6.61 Å². The summed E-state index contributed by atoms with van der Waals surface area (Å²) < 4.78 is 5.68. The van der Waals surface area contributed by atoms with Crippen molar-refractivity contribution in [3.8, 4) is 5.75 Å². The normalized spacial score (nSPS) is 10.7. The van der Waals surface area contributed by atoms with Gasteiger partial charge in [-0.15, -0.1) is 24.0 Å². The van der Waals surface area contributed by atoms with Crippen LogP contribution in [0.2, 0.25) is 0 Å². The van der Waals surface area contributed by atoms with Crippen molar-refractivity contribution < 1.29 is 4.74 Å². The van der Waals surface area contributed by atoms with Gasteiger partial charge in [0.25, 0.3) is 0 Å². The van der Waals surface area contributed by atoms with E-state index in [9.17, 15) is 0 Å². The van der Waals surface area contributed by atoms with Crippen molar-refractivity contribution in [1.29, 1.82) is 0 Å². The van der Waals surface area contributed by atoms with Gasteiger partial charge in [0.1, 0.15) is 5.75 Å². The molecule has 0 aliphatic heterocycles. The fourth-order valence-corrected chi connectivity index (χ4v) is 2.34. The summed E-state index contributed by atoms with van der Waals surface area (Å²) in [6.45, 7) is 2.23. The van der Waals surface area contributed by atoms with E-state index < -0.39 is 0 Å². The van der Waals surface area contributed by atoms with E-state index in [0.29, 0.717) is 6.61 Å². The molecule has 142 valence electrons. The summed E-state index contributed by atoms with van der Waals surface area (Å²) in [4.78, 5) is 6.36. The molecule has 0 amide bonds. The van der Waals surface area contributed by atoms with Gasteiger partial charge < -0.3 is 20.3 Å². The maximum absolute atomic E-state index is 5.68. The molecule has 0 unspecified atom stereocenters. The van der Waals surface area contributed by atoms with Crippen molar-refractivity contribution in [2.24, 2.45) is 4.99 Å². The fourth-order valence-electron chi connectivity index (χ4n) is 2.34. The maximum atomic E-state index is 5.68. The van der Waals surface area contributed by atoms with Crippen molar-refractivity contribution in [3.05, 3.63) is 60.2 Å². The molecule has 0 saturated carbocycles. The first-order valence-electron chi connectivity index (χ1n) is 8.57. The molecule has 0 aliphatic rings. The molecule has 2 aromatic carbocycles. The minimum atomic E-state index is 0. The summed E-state index contributed by atoms with van der Waals surface area (Å²) in [5.41, 5.74) is 2.42. The molecule has 2 rings (SSSR count). The van der Waals surface area contributed by atoms with E-state index in [1.54, 1.807) is 7.05 Å². The topological polar surface area (TPSA) is 48.9 Å². The number of halogens is 1. The number of ether oxygens (including phenoxy) is 1. The van der Waals surface area contributed by atoms with Gasteiger partial charge in [-0.05, 0) is 36.2 Å². The molecule has 2 N–H and O–H groups in total. The third-order valence-electron chi connectivity index (χ3n) is 3.74. The van der Waals surface area contributed by atoms with Crippen LogP contribution in [-0.2, 0) is 6.54 Å². The van der Waals surface area contributed by atoms with E-state index >= 15 is 0 Å². The lowest BCUT2D eigenvalue weighted by Gasteiger charge is -2.15.